The van der Waals surface area contributed by atoms with Gasteiger partial charge in [-0.1, -0.05) is 13.8 Å². The fraction of sp³-hybridized carbons (Fsp3) is 0.600. The summed E-state index contributed by atoms with van der Waals surface area (Å²) < 4.78 is 30.3. The molecule has 0 saturated carbocycles. The van der Waals surface area contributed by atoms with Crippen molar-refractivity contribution in [2.45, 2.75) is 45.7 Å². The first kappa shape index (κ1) is 23.2. The molecule has 1 aromatic carbocycles. The molecule has 2 amide bonds. The number of carbonyl (C=O) groups is 2. The fourth-order valence-corrected chi connectivity index (χ4v) is 4.19. The van der Waals surface area contributed by atoms with Gasteiger partial charge in [-0.25, -0.2) is 12.7 Å². The third-order valence-corrected chi connectivity index (χ3v) is 6.13. The Kier molecular flexibility index (Phi) is 8.04. The lowest BCUT2D eigenvalue weighted by molar-refractivity contribution is -0.124. The van der Waals surface area contributed by atoms with Crippen LogP contribution in [0.15, 0.2) is 24.3 Å². The van der Waals surface area contributed by atoms with Crippen LogP contribution in [0.2, 0.25) is 0 Å². The molecule has 8 nitrogen and oxygen atoms in total. The van der Waals surface area contributed by atoms with Gasteiger partial charge in [-0.2, -0.15) is 0 Å². The molecule has 0 aliphatic carbocycles. The van der Waals surface area contributed by atoms with E-state index in [0.717, 1.165) is 0 Å². The standard InChI is InChI=1S/C20H31N3O5S/c1-5-28-17-10-8-15(9-11-17)19(24)22-18(14(2)3)20(25)21-16-7-6-12-23(13-16)29(4,26)27/h8-11,14,16,18H,5-7,12-13H2,1-4H3,(H,21,25)(H,22,24). The molecule has 0 spiro atoms. The highest BCUT2D eigenvalue weighted by Crippen LogP contribution is 2.15. The third kappa shape index (κ3) is 6.71. The molecule has 2 N–H and O–H groups in total. The van der Waals surface area contributed by atoms with Gasteiger partial charge in [0, 0.05) is 24.7 Å². The average molecular weight is 426 g/mol. The summed E-state index contributed by atoms with van der Waals surface area (Å²) in [6, 6.07) is 5.74. The number of amides is 2. The minimum absolute atomic E-state index is 0.128. The van der Waals surface area contributed by atoms with Crippen molar-refractivity contribution in [2.75, 3.05) is 26.0 Å². The van der Waals surface area contributed by atoms with E-state index in [-0.39, 0.29) is 30.3 Å². The summed E-state index contributed by atoms with van der Waals surface area (Å²) in [7, 11) is -3.29. The Hall–Kier alpha value is -2.13. The topological polar surface area (TPSA) is 105 Å². The first-order valence-electron chi connectivity index (χ1n) is 9.91. The second-order valence-electron chi connectivity index (χ2n) is 7.62. The van der Waals surface area contributed by atoms with Gasteiger partial charge in [-0.05, 0) is 49.9 Å². The molecule has 2 rings (SSSR count). The molecule has 9 heteroatoms. The van der Waals surface area contributed by atoms with Crippen molar-refractivity contribution in [3.8, 4) is 5.75 Å². The van der Waals surface area contributed by atoms with Crippen LogP contribution in [0.25, 0.3) is 0 Å². The molecule has 0 aromatic heterocycles. The van der Waals surface area contributed by atoms with Crippen LogP contribution < -0.4 is 15.4 Å². The number of carbonyl (C=O) groups excluding carboxylic acids is 2. The summed E-state index contributed by atoms with van der Waals surface area (Å²) in [6.45, 7) is 6.85. The molecule has 1 aliphatic heterocycles. The first-order chi connectivity index (χ1) is 13.6. The van der Waals surface area contributed by atoms with Crippen molar-refractivity contribution in [1.29, 1.82) is 0 Å². The van der Waals surface area contributed by atoms with Crippen LogP contribution in [0.5, 0.6) is 5.75 Å². The first-order valence-corrected chi connectivity index (χ1v) is 11.8. The van der Waals surface area contributed by atoms with Gasteiger partial charge in [-0.3, -0.25) is 9.59 Å². The second kappa shape index (κ2) is 10.1. The highest BCUT2D eigenvalue weighted by atomic mass is 32.2. The van der Waals surface area contributed by atoms with Crippen LogP contribution in [-0.2, 0) is 14.8 Å². The van der Waals surface area contributed by atoms with Crippen LogP contribution in [0.1, 0.15) is 44.0 Å². The number of piperidine rings is 1. The maximum Gasteiger partial charge on any atom is 0.251 e. The van der Waals surface area contributed by atoms with Gasteiger partial charge in [0.25, 0.3) is 5.91 Å². The number of hydrogen-bond acceptors (Lipinski definition) is 5. The minimum atomic E-state index is -3.29. The zero-order valence-electron chi connectivity index (χ0n) is 17.5. The van der Waals surface area contributed by atoms with Gasteiger partial charge in [0.15, 0.2) is 0 Å². The summed E-state index contributed by atoms with van der Waals surface area (Å²) in [5, 5.41) is 5.70. The van der Waals surface area contributed by atoms with E-state index < -0.39 is 16.1 Å². The molecule has 2 atom stereocenters. The van der Waals surface area contributed by atoms with Crippen molar-refractivity contribution in [1.82, 2.24) is 14.9 Å². The normalized spacial score (nSPS) is 18.9. The van der Waals surface area contributed by atoms with Crippen molar-refractivity contribution in [2.24, 2.45) is 5.92 Å². The lowest BCUT2D eigenvalue weighted by Crippen LogP contribution is -2.55. The lowest BCUT2D eigenvalue weighted by Gasteiger charge is -2.33. The van der Waals surface area contributed by atoms with Gasteiger partial charge in [0.05, 0.1) is 12.9 Å². The van der Waals surface area contributed by atoms with Crippen LogP contribution in [0, 0.1) is 5.92 Å². The Bertz CT molecular complexity index is 808. The molecule has 29 heavy (non-hydrogen) atoms. The highest BCUT2D eigenvalue weighted by Gasteiger charge is 2.30. The highest BCUT2D eigenvalue weighted by molar-refractivity contribution is 7.88. The van der Waals surface area contributed by atoms with E-state index in [0.29, 0.717) is 37.3 Å². The Balaban J connectivity index is 2.01. The molecular weight excluding hydrogens is 394 g/mol. The number of hydrogen-bond donors (Lipinski definition) is 2. The molecule has 1 heterocycles. The van der Waals surface area contributed by atoms with E-state index in [2.05, 4.69) is 10.6 Å². The average Bonchev–Trinajstić information content (AvgIpc) is 2.66. The molecule has 162 valence electrons. The number of ether oxygens (including phenoxy) is 1. The van der Waals surface area contributed by atoms with Crippen molar-refractivity contribution < 1.29 is 22.7 Å². The number of benzene rings is 1. The smallest absolute Gasteiger partial charge is 0.251 e. The van der Waals surface area contributed by atoms with Crippen molar-refractivity contribution in [3.05, 3.63) is 29.8 Å². The number of sulfonamides is 1. The molecule has 1 aliphatic rings. The molecule has 0 radical (unpaired) electrons. The Morgan fingerprint density at radius 1 is 1.24 bits per heavy atom. The largest absolute Gasteiger partial charge is 0.494 e. The van der Waals surface area contributed by atoms with Gasteiger partial charge in [0.2, 0.25) is 15.9 Å². The van der Waals surface area contributed by atoms with E-state index in [4.69, 9.17) is 4.74 Å². The van der Waals surface area contributed by atoms with E-state index in [1.807, 2.05) is 20.8 Å². The minimum Gasteiger partial charge on any atom is -0.494 e. The van der Waals surface area contributed by atoms with E-state index in [9.17, 15) is 18.0 Å². The predicted molar refractivity (Wildman–Crippen MR) is 111 cm³/mol. The molecule has 2 unspecified atom stereocenters. The SMILES string of the molecule is CCOc1ccc(C(=O)NC(C(=O)NC2CCCN(S(C)(=O)=O)C2)C(C)C)cc1. The molecule has 1 saturated heterocycles. The maximum absolute atomic E-state index is 12.8. The summed E-state index contributed by atoms with van der Waals surface area (Å²) in [5.41, 5.74) is 0.438. The fourth-order valence-electron chi connectivity index (χ4n) is 3.28. The van der Waals surface area contributed by atoms with Crippen molar-refractivity contribution in [3.63, 3.8) is 0 Å². The zero-order valence-corrected chi connectivity index (χ0v) is 18.3. The van der Waals surface area contributed by atoms with Gasteiger partial charge >= 0.3 is 0 Å². The van der Waals surface area contributed by atoms with Gasteiger partial charge in [0.1, 0.15) is 11.8 Å². The van der Waals surface area contributed by atoms with Crippen LogP contribution >= 0.6 is 0 Å². The number of nitrogens with one attached hydrogen (secondary N) is 2. The molecule has 1 fully saturated rings. The monoisotopic (exact) mass is 425 g/mol. The van der Waals surface area contributed by atoms with E-state index in [1.165, 1.54) is 10.6 Å². The van der Waals surface area contributed by atoms with E-state index in [1.54, 1.807) is 24.3 Å². The Morgan fingerprint density at radius 2 is 1.90 bits per heavy atom. The lowest BCUT2D eigenvalue weighted by atomic mass is 10.0. The van der Waals surface area contributed by atoms with Crippen LogP contribution in [-0.4, -0.2) is 62.6 Å². The summed E-state index contributed by atoms with van der Waals surface area (Å²) >= 11 is 0. The van der Waals surface area contributed by atoms with Gasteiger partial charge < -0.3 is 15.4 Å². The van der Waals surface area contributed by atoms with E-state index >= 15 is 0 Å². The summed E-state index contributed by atoms with van der Waals surface area (Å²) in [4.78, 5) is 25.4. The zero-order chi connectivity index (χ0) is 21.6. The predicted octanol–water partition coefficient (Wildman–Crippen LogP) is 1.38. The Labute approximate surface area is 173 Å². The summed E-state index contributed by atoms with van der Waals surface area (Å²) in [6.07, 6.45) is 2.56. The molecule has 1 aromatic rings. The number of nitrogens with zero attached hydrogens (tertiary/aromatic N) is 1. The Morgan fingerprint density at radius 3 is 2.45 bits per heavy atom. The van der Waals surface area contributed by atoms with Crippen LogP contribution in [0.4, 0.5) is 0 Å². The van der Waals surface area contributed by atoms with Gasteiger partial charge in [-0.15, -0.1) is 0 Å². The number of rotatable bonds is 8. The molecular formula is C20H31N3O5S. The van der Waals surface area contributed by atoms with Crippen LogP contribution in [0.3, 0.4) is 0 Å². The maximum atomic E-state index is 12.8. The summed E-state index contributed by atoms with van der Waals surface area (Å²) in [5.74, 6) is -0.103. The second-order valence-corrected chi connectivity index (χ2v) is 9.60. The third-order valence-electron chi connectivity index (χ3n) is 4.86. The van der Waals surface area contributed by atoms with Crippen molar-refractivity contribution >= 4 is 21.8 Å². The molecule has 0 bridgehead atoms. The quantitative estimate of drug-likeness (QED) is 0.655.